The highest BCUT2D eigenvalue weighted by Crippen LogP contribution is 2.26. The van der Waals surface area contributed by atoms with E-state index in [-0.39, 0.29) is 24.2 Å². The minimum atomic E-state index is -0.477. The van der Waals surface area contributed by atoms with Crippen LogP contribution in [-0.4, -0.2) is 51.2 Å². The van der Waals surface area contributed by atoms with Gasteiger partial charge in [0.2, 0.25) is 11.8 Å². The number of hydrogen-bond donors (Lipinski definition) is 3. The summed E-state index contributed by atoms with van der Waals surface area (Å²) in [6, 6.07) is -0.477. The summed E-state index contributed by atoms with van der Waals surface area (Å²) >= 11 is 0. The van der Waals surface area contributed by atoms with Gasteiger partial charge in [0.25, 0.3) is 0 Å². The van der Waals surface area contributed by atoms with E-state index in [9.17, 15) is 9.59 Å². The van der Waals surface area contributed by atoms with E-state index in [1.54, 1.807) is 14.0 Å². The Balaban J connectivity index is 0.00000484. The lowest BCUT2D eigenvalue weighted by Gasteiger charge is -2.22. The zero-order valence-corrected chi connectivity index (χ0v) is 15.2. The van der Waals surface area contributed by atoms with Crippen LogP contribution in [0.3, 0.4) is 0 Å². The van der Waals surface area contributed by atoms with Crippen molar-refractivity contribution in [2.75, 3.05) is 33.4 Å². The molecule has 1 aliphatic rings. The minimum Gasteiger partial charge on any atom is -0.383 e. The molecule has 1 unspecified atom stereocenters. The first-order chi connectivity index (χ1) is 10.6. The molecule has 3 N–H and O–H groups in total. The third kappa shape index (κ3) is 10.5. The van der Waals surface area contributed by atoms with Crippen LogP contribution in [0.1, 0.15) is 45.4 Å². The predicted molar refractivity (Wildman–Crippen MR) is 93.8 cm³/mol. The summed E-state index contributed by atoms with van der Waals surface area (Å²) in [6.45, 7) is 4.39. The van der Waals surface area contributed by atoms with Gasteiger partial charge in [0.05, 0.1) is 6.61 Å². The number of nitrogens with one attached hydrogen (secondary N) is 3. The number of halogens is 1. The topological polar surface area (TPSA) is 79.5 Å². The Morgan fingerprint density at radius 3 is 2.48 bits per heavy atom. The molecule has 7 heteroatoms. The second-order valence-corrected chi connectivity index (χ2v) is 6.03. The first kappa shape index (κ1) is 22.1. The van der Waals surface area contributed by atoms with Crippen LogP contribution < -0.4 is 16.0 Å². The molecule has 0 bridgehead atoms. The highest BCUT2D eigenvalue weighted by atomic mass is 35.5. The number of carbonyl (C=O) groups is 2. The highest BCUT2D eigenvalue weighted by molar-refractivity contribution is 5.87. The first-order valence-corrected chi connectivity index (χ1v) is 8.40. The van der Waals surface area contributed by atoms with E-state index in [4.69, 9.17) is 4.74 Å². The highest BCUT2D eigenvalue weighted by Gasteiger charge is 2.20. The van der Waals surface area contributed by atoms with Gasteiger partial charge in [0.1, 0.15) is 6.04 Å². The average molecular weight is 350 g/mol. The average Bonchev–Trinajstić information content (AvgIpc) is 2.51. The van der Waals surface area contributed by atoms with Crippen LogP contribution in [0.2, 0.25) is 0 Å². The van der Waals surface area contributed by atoms with Gasteiger partial charge in [0.15, 0.2) is 0 Å². The molecule has 1 fully saturated rings. The molecule has 0 radical (unpaired) electrons. The van der Waals surface area contributed by atoms with Crippen LogP contribution in [-0.2, 0) is 14.3 Å². The molecule has 6 nitrogen and oxygen atoms in total. The largest absolute Gasteiger partial charge is 0.383 e. The molecule has 0 aliphatic heterocycles. The van der Waals surface area contributed by atoms with E-state index in [2.05, 4.69) is 16.0 Å². The number of hydrogen-bond acceptors (Lipinski definition) is 4. The molecular weight excluding hydrogens is 318 g/mol. The molecule has 136 valence electrons. The van der Waals surface area contributed by atoms with Gasteiger partial charge < -0.3 is 20.7 Å². The van der Waals surface area contributed by atoms with Crippen molar-refractivity contribution >= 4 is 24.2 Å². The molecule has 0 aromatic carbocycles. The number of carbonyl (C=O) groups excluding carboxylic acids is 2. The monoisotopic (exact) mass is 349 g/mol. The van der Waals surface area contributed by atoms with E-state index in [0.29, 0.717) is 32.0 Å². The van der Waals surface area contributed by atoms with Crippen LogP contribution in [0.25, 0.3) is 0 Å². The van der Waals surface area contributed by atoms with Crippen molar-refractivity contribution in [1.29, 1.82) is 0 Å². The maximum absolute atomic E-state index is 12.0. The quantitative estimate of drug-likeness (QED) is 0.518. The van der Waals surface area contributed by atoms with Gasteiger partial charge in [-0.25, -0.2) is 0 Å². The van der Waals surface area contributed by atoms with Crippen molar-refractivity contribution in [3.8, 4) is 0 Å². The van der Waals surface area contributed by atoms with Crippen LogP contribution >= 0.6 is 12.4 Å². The molecule has 1 rings (SSSR count). The van der Waals surface area contributed by atoms with Crippen LogP contribution in [0, 0.1) is 5.92 Å². The Morgan fingerprint density at radius 1 is 1.13 bits per heavy atom. The van der Waals surface area contributed by atoms with E-state index >= 15 is 0 Å². The fourth-order valence-corrected chi connectivity index (χ4v) is 2.75. The Labute approximate surface area is 145 Å². The maximum atomic E-state index is 12.0. The number of ether oxygens (including phenoxy) is 1. The summed E-state index contributed by atoms with van der Waals surface area (Å²) in [5.41, 5.74) is 0. The van der Waals surface area contributed by atoms with E-state index in [1.807, 2.05) is 0 Å². The van der Waals surface area contributed by atoms with Crippen molar-refractivity contribution in [2.45, 2.75) is 51.5 Å². The Morgan fingerprint density at radius 2 is 1.83 bits per heavy atom. The Kier molecular flexibility index (Phi) is 13.1. The van der Waals surface area contributed by atoms with Crippen LogP contribution in [0.15, 0.2) is 0 Å². The molecule has 1 saturated carbocycles. The van der Waals surface area contributed by atoms with Gasteiger partial charge in [-0.2, -0.15) is 0 Å². The molecule has 1 aliphatic carbocycles. The van der Waals surface area contributed by atoms with Gasteiger partial charge in [-0.15, -0.1) is 12.4 Å². The number of amides is 2. The van der Waals surface area contributed by atoms with Gasteiger partial charge >= 0.3 is 0 Å². The van der Waals surface area contributed by atoms with E-state index in [1.165, 1.54) is 19.3 Å². The summed E-state index contributed by atoms with van der Waals surface area (Å²) in [7, 11) is 1.65. The van der Waals surface area contributed by atoms with Crippen molar-refractivity contribution < 1.29 is 14.3 Å². The standard InChI is InChI=1S/C16H31N3O3.ClH/c1-13(16(21)18-9-8-17-10-11-22-2)19-15(20)12-14-6-4-3-5-7-14;/h13-14,17H,3-12H2,1-2H3,(H,18,21)(H,19,20);1H. The summed E-state index contributed by atoms with van der Waals surface area (Å²) in [4.78, 5) is 23.8. The molecule has 1 atom stereocenters. The summed E-state index contributed by atoms with van der Waals surface area (Å²) in [5, 5.41) is 8.76. The predicted octanol–water partition coefficient (Wildman–Crippen LogP) is 1.24. The molecule has 0 aromatic heterocycles. The summed E-state index contributed by atoms with van der Waals surface area (Å²) < 4.78 is 4.92. The zero-order chi connectivity index (χ0) is 16.2. The maximum Gasteiger partial charge on any atom is 0.242 e. The lowest BCUT2D eigenvalue weighted by Crippen LogP contribution is -2.46. The van der Waals surface area contributed by atoms with Gasteiger partial charge in [0, 0.05) is 33.2 Å². The molecule has 0 spiro atoms. The van der Waals surface area contributed by atoms with Gasteiger partial charge in [-0.1, -0.05) is 19.3 Å². The fourth-order valence-electron chi connectivity index (χ4n) is 2.75. The third-order valence-electron chi connectivity index (χ3n) is 4.05. The van der Waals surface area contributed by atoms with Gasteiger partial charge in [-0.05, 0) is 25.7 Å². The fraction of sp³-hybridized carbons (Fsp3) is 0.875. The van der Waals surface area contributed by atoms with Crippen molar-refractivity contribution in [3.63, 3.8) is 0 Å². The summed E-state index contributed by atoms with van der Waals surface area (Å²) in [6.07, 6.45) is 6.57. The Hall–Kier alpha value is -0.850. The first-order valence-electron chi connectivity index (χ1n) is 8.40. The number of methoxy groups -OCH3 is 1. The molecule has 0 heterocycles. The lowest BCUT2D eigenvalue weighted by atomic mass is 9.87. The van der Waals surface area contributed by atoms with Crippen LogP contribution in [0.4, 0.5) is 0 Å². The van der Waals surface area contributed by atoms with Crippen molar-refractivity contribution in [2.24, 2.45) is 5.92 Å². The molecule has 0 aromatic rings. The second-order valence-electron chi connectivity index (χ2n) is 6.03. The molecule has 23 heavy (non-hydrogen) atoms. The minimum absolute atomic E-state index is 0. The van der Waals surface area contributed by atoms with Crippen molar-refractivity contribution in [3.05, 3.63) is 0 Å². The SMILES string of the molecule is COCCNCCNC(=O)C(C)NC(=O)CC1CCCCC1.Cl. The van der Waals surface area contributed by atoms with Crippen molar-refractivity contribution in [1.82, 2.24) is 16.0 Å². The molecule has 2 amide bonds. The smallest absolute Gasteiger partial charge is 0.242 e. The lowest BCUT2D eigenvalue weighted by molar-refractivity contribution is -0.129. The summed E-state index contributed by atoms with van der Waals surface area (Å²) in [5.74, 6) is 0.354. The van der Waals surface area contributed by atoms with E-state index in [0.717, 1.165) is 19.4 Å². The van der Waals surface area contributed by atoms with Crippen LogP contribution in [0.5, 0.6) is 0 Å². The molecular formula is C16H32ClN3O3. The van der Waals surface area contributed by atoms with Gasteiger partial charge in [-0.3, -0.25) is 9.59 Å². The normalized spacial score (nSPS) is 16.3. The second kappa shape index (κ2) is 13.6. The Bertz CT molecular complexity index is 337. The van der Waals surface area contributed by atoms with E-state index < -0.39 is 6.04 Å². The third-order valence-corrected chi connectivity index (χ3v) is 4.05. The zero-order valence-electron chi connectivity index (χ0n) is 14.4. The molecule has 0 saturated heterocycles. The number of rotatable bonds is 10.